The third-order valence-corrected chi connectivity index (χ3v) is 4.90. The summed E-state index contributed by atoms with van der Waals surface area (Å²) < 4.78 is 1.54. The van der Waals surface area contributed by atoms with Gasteiger partial charge < -0.3 is 10.6 Å². The van der Waals surface area contributed by atoms with E-state index in [1.54, 1.807) is 28.9 Å². The van der Waals surface area contributed by atoms with E-state index in [1.807, 2.05) is 25.1 Å². The second-order valence-electron chi connectivity index (χ2n) is 7.10. The summed E-state index contributed by atoms with van der Waals surface area (Å²) >= 11 is 0. The van der Waals surface area contributed by atoms with Crippen molar-refractivity contribution in [2.75, 3.05) is 10.6 Å². The monoisotopic (exact) mass is 376 g/mol. The van der Waals surface area contributed by atoms with Crippen LogP contribution in [-0.4, -0.2) is 32.0 Å². The van der Waals surface area contributed by atoms with Crippen LogP contribution in [0.15, 0.2) is 48.8 Å². The Morgan fingerprint density at radius 3 is 2.61 bits per heavy atom. The van der Waals surface area contributed by atoms with Gasteiger partial charge in [0.15, 0.2) is 0 Å². The summed E-state index contributed by atoms with van der Waals surface area (Å²) in [5, 5.41) is 16.9. The lowest BCUT2D eigenvalue weighted by Gasteiger charge is -2.11. The second kappa shape index (κ2) is 7.22. The van der Waals surface area contributed by atoms with Gasteiger partial charge in [0, 0.05) is 22.9 Å². The molecule has 2 atom stereocenters. The van der Waals surface area contributed by atoms with Gasteiger partial charge in [-0.2, -0.15) is 0 Å². The molecule has 0 bridgehead atoms. The second-order valence-corrected chi connectivity index (χ2v) is 7.10. The Bertz CT molecular complexity index is 1030. The first-order valence-electron chi connectivity index (χ1n) is 9.07. The zero-order chi connectivity index (χ0) is 19.7. The molecule has 2 N–H and O–H groups in total. The standard InChI is InChI=1S/C20H20N6O2/c1-12-6-7-16(10-18(12)26-11-21-24-25-26)22-19(27)14-4-3-5-15(9-14)23-20(28)17-8-13(17)2/h3-7,9-11,13,17H,8H2,1-2H3,(H,22,27)(H,23,28)/t13-,17-/m1/s1. The van der Waals surface area contributed by atoms with E-state index < -0.39 is 0 Å². The Labute approximate surface area is 162 Å². The van der Waals surface area contributed by atoms with E-state index >= 15 is 0 Å². The number of aromatic nitrogens is 4. The van der Waals surface area contributed by atoms with Crippen LogP contribution >= 0.6 is 0 Å². The number of tetrazole rings is 1. The summed E-state index contributed by atoms with van der Waals surface area (Å²) in [6.07, 6.45) is 2.42. The number of benzene rings is 2. The first-order chi connectivity index (χ1) is 13.5. The Morgan fingerprint density at radius 1 is 1.11 bits per heavy atom. The van der Waals surface area contributed by atoms with Crippen LogP contribution in [0.3, 0.4) is 0 Å². The number of aryl methyl sites for hydroxylation is 1. The van der Waals surface area contributed by atoms with E-state index in [-0.39, 0.29) is 17.7 Å². The molecule has 1 aromatic heterocycles. The van der Waals surface area contributed by atoms with Gasteiger partial charge in [-0.05, 0) is 65.6 Å². The minimum atomic E-state index is -0.262. The van der Waals surface area contributed by atoms with Gasteiger partial charge in [0.2, 0.25) is 5.91 Å². The lowest BCUT2D eigenvalue weighted by molar-refractivity contribution is -0.117. The molecule has 8 heteroatoms. The van der Waals surface area contributed by atoms with Gasteiger partial charge in [-0.3, -0.25) is 9.59 Å². The maximum Gasteiger partial charge on any atom is 0.255 e. The van der Waals surface area contributed by atoms with E-state index in [1.165, 1.54) is 6.33 Å². The van der Waals surface area contributed by atoms with E-state index in [2.05, 4.69) is 33.1 Å². The zero-order valence-electron chi connectivity index (χ0n) is 15.6. The van der Waals surface area contributed by atoms with Crippen molar-refractivity contribution in [3.8, 4) is 5.69 Å². The Kier molecular flexibility index (Phi) is 4.60. The molecular formula is C20H20N6O2. The number of hydrogen-bond donors (Lipinski definition) is 2. The highest BCUT2D eigenvalue weighted by atomic mass is 16.2. The van der Waals surface area contributed by atoms with Crippen molar-refractivity contribution in [3.05, 3.63) is 59.9 Å². The van der Waals surface area contributed by atoms with Crippen molar-refractivity contribution in [3.63, 3.8) is 0 Å². The van der Waals surface area contributed by atoms with Crippen LogP contribution in [0.25, 0.3) is 5.69 Å². The van der Waals surface area contributed by atoms with Crippen LogP contribution in [0.4, 0.5) is 11.4 Å². The van der Waals surface area contributed by atoms with Crippen LogP contribution in [0.5, 0.6) is 0 Å². The normalized spacial score (nSPS) is 17.8. The number of rotatable bonds is 5. The van der Waals surface area contributed by atoms with E-state index in [9.17, 15) is 9.59 Å². The molecule has 0 radical (unpaired) electrons. The maximum atomic E-state index is 12.7. The minimum Gasteiger partial charge on any atom is -0.326 e. The van der Waals surface area contributed by atoms with Crippen LogP contribution < -0.4 is 10.6 Å². The number of carbonyl (C=O) groups is 2. The smallest absolute Gasteiger partial charge is 0.255 e. The molecule has 1 heterocycles. The molecule has 0 saturated heterocycles. The van der Waals surface area contributed by atoms with Gasteiger partial charge in [0.25, 0.3) is 5.91 Å². The average molecular weight is 376 g/mol. The molecule has 2 aromatic carbocycles. The summed E-state index contributed by atoms with van der Waals surface area (Å²) in [6.45, 7) is 3.99. The third-order valence-electron chi connectivity index (χ3n) is 4.90. The predicted octanol–water partition coefficient (Wildman–Crippen LogP) is 2.82. The van der Waals surface area contributed by atoms with Crippen LogP contribution in [0.1, 0.15) is 29.3 Å². The Balaban J connectivity index is 1.49. The topological polar surface area (TPSA) is 102 Å². The summed E-state index contributed by atoms with van der Waals surface area (Å²) in [5.41, 5.74) is 3.47. The first-order valence-corrected chi connectivity index (χ1v) is 9.07. The number of hydrogen-bond acceptors (Lipinski definition) is 5. The van der Waals surface area contributed by atoms with Crippen molar-refractivity contribution < 1.29 is 9.59 Å². The van der Waals surface area contributed by atoms with Crippen molar-refractivity contribution >= 4 is 23.2 Å². The SMILES string of the molecule is Cc1ccc(NC(=O)c2cccc(NC(=O)[C@@H]3C[C@H]3C)c2)cc1-n1cnnn1. The number of carbonyl (C=O) groups excluding carboxylic acids is 2. The Hall–Kier alpha value is -3.55. The third kappa shape index (κ3) is 3.75. The van der Waals surface area contributed by atoms with E-state index in [0.29, 0.717) is 22.9 Å². The maximum absolute atomic E-state index is 12.7. The molecule has 0 spiro atoms. The Morgan fingerprint density at radius 2 is 1.89 bits per heavy atom. The minimum absolute atomic E-state index is 0.00896. The highest BCUT2D eigenvalue weighted by molar-refractivity contribution is 6.05. The molecule has 4 rings (SSSR count). The van der Waals surface area contributed by atoms with Crippen molar-refractivity contribution in [2.45, 2.75) is 20.3 Å². The molecule has 3 aromatic rings. The highest BCUT2D eigenvalue weighted by Crippen LogP contribution is 2.38. The van der Waals surface area contributed by atoms with Gasteiger partial charge in [0.05, 0.1) is 5.69 Å². The first kappa shape index (κ1) is 17.8. The lowest BCUT2D eigenvalue weighted by atomic mass is 10.1. The predicted molar refractivity (Wildman–Crippen MR) is 104 cm³/mol. The van der Waals surface area contributed by atoms with Gasteiger partial charge >= 0.3 is 0 Å². The van der Waals surface area contributed by atoms with Gasteiger partial charge in [-0.25, -0.2) is 4.68 Å². The molecule has 0 unspecified atom stereocenters. The van der Waals surface area contributed by atoms with Gasteiger partial charge in [0.1, 0.15) is 6.33 Å². The van der Waals surface area contributed by atoms with Crippen molar-refractivity contribution in [1.82, 2.24) is 20.2 Å². The molecule has 8 nitrogen and oxygen atoms in total. The molecule has 28 heavy (non-hydrogen) atoms. The number of anilines is 2. The summed E-state index contributed by atoms with van der Waals surface area (Å²) in [4.78, 5) is 24.8. The molecule has 1 saturated carbocycles. The number of nitrogens with zero attached hydrogens (tertiary/aromatic N) is 4. The van der Waals surface area contributed by atoms with Crippen LogP contribution in [-0.2, 0) is 4.79 Å². The average Bonchev–Trinajstić information content (AvgIpc) is 3.18. The molecule has 1 aliphatic carbocycles. The number of amides is 2. The largest absolute Gasteiger partial charge is 0.326 e. The van der Waals surface area contributed by atoms with Crippen molar-refractivity contribution in [2.24, 2.45) is 11.8 Å². The van der Waals surface area contributed by atoms with E-state index in [4.69, 9.17) is 0 Å². The quantitative estimate of drug-likeness (QED) is 0.713. The summed E-state index contributed by atoms with van der Waals surface area (Å²) in [6, 6.07) is 12.4. The number of nitrogens with one attached hydrogen (secondary N) is 2. The zero-order valence-corrected chi connectivity index (χ0v) is 15.6. The fraction of sp³-hybridized carbons (Fsp3) is 0.250. The van der Waals surface area contributed by atoms with Crippen LogP contribution in [0.2, 0.25) is 0 Å². The molecular weight excluding hydrogens is 356 g/mol. The van der Waals surface area contributed by atoms with E-state index in [0.717, 1.165) is 17.7 Å². The molecule has 1 aliphatic rings. The fourth-order valence-electron chi connectivity index (χ4n) is 3.07. The van der Waals surface area contributed by atoms with Gasteiger partial charge in [-0.1, -0.05) is 19.1 Å². The molecule has 1 fully saturated rings. The lowest BCUT2D eigenvalue weighted by Crippen LogP contribution is -2.16. The molecule has 0 aliphatic heterocycles. The highest BCUT2D eigenvalue weighted by Gasteiger charge is 2.39. The molecule has 142 valence electrons. The molecule has 2 amide bonds. The summed E-state index contributed by atoms with van der Waals surface area (Å²) in [7, 11) is 0. The fourth-order valence-corrected chi connectivity index (χ4v) is 3.07. The van der Waals surface area contributed by atoms with Gasteiger partial charge in [-0.15, -0.1) is 5.10 Å². The van der Waals surface area contributed by atoms with Crippen molar-refractivity contribution in [1.29, 1.82) is 0 Å². The summed E-state index contributed by atoms with van der Waals surface area (Å²) in [5.74, 6) is 0.259. The van der Waals surface area contributed by atoms with Crippen LogP contribution in [0, 0.1) is 18.8 Å².